The van der Waals surface area contributed by atoms with Crippen LogP contribution in [0.15, 0.2) is 158 Å². The lowest BCUT2D eigenvalue weighted by atomic mass is 10.0. The molecule has 0 saturated heterocycles. The lowest BCUT2D eigenvalue weighted by Gasteiger charge is -2.16. The van der Waals surface area contributed by atoms with Crippen LogP contribution in [0, 0.1) is 0 Å². The van der Waals surface area contributed by atoms with Gasteiger partial charge in [-0.05, 0) is 17.7 Å². The van der Waals surface area contributed by atoms with Crippen molar-refractivity contribution in [3.63, 3.8) is 0 Å². The van der Waals surface area contributed by atoms with Crippen molar-refractivity contribution in [2.24, 2.45) is 0 Å². The number of hydrogen-bond donors (Lipinski definition) is 0. The number of rotatable bonds is 4. The zero-order valence-corrected chi connectivity index (χ0v) is 25.1. The Balaban J connectivity index is 1.43. The zero-order chi connectivity index (χ0) is 30.0. The number of nitrogens with zero attached hydrogens (tertiary/aromatic N) is 3. The number of aromatic nitrogens is 3. The Kier molecular flexibility index (Phi) is 5.74. The van der Waals surface area contributed by atoms with Gasteiger partial charge in [0.1, 0.15) is 5.82 Å². The highest BCUT2D eigenvalue weighted by molar-refractivity contribution is 7.86. The average Bonchev–Trinajstić information content (AvgIpc) is 3.60. The second-order valence-corrected chi connectivity index (χ2v) is 14.0. The molecule has 45 heavy (non-hydrogen) atoms. The van der Waals surface area contributed by atoms with Crippen LogP contribution in [0.2, 0.25) is 0 Å². The van der Waals surface area contributed by atoms with Crippen molar-refractivity contribution in [3.8, 4) is 39.6 Å². The fourth-order valence-electron chi connectivity index (χ4n) is 6.84. The van der Waals surface area contributed by atoms with Crippen molar-refractivity contribution >= 4 is 44.9 Å². The van der Waals surface area contributed by atoms with E-state index in [9.17, 15) is 0 Å². The Bertz CT molecular complexity index is 2390. The maximum Gasteiger partial charge on any atom is 0.172 e. The van der Waals surface area contributed by atoms with Gasteiger partial charge >= 0.3 is 0 Å². The Hall–Kier alpha value is -5.57. The van der Waals surface area contributed by atoms with E-state index in [1.54, 1.807) is 0 Å². The molecule has 1 aliphatic heterocycles. The van der Waals surface area contributed by atoms with Crippen LogP contribution < -0.4 is 15.9 Å². The van der Waals surface area contributed by atoms with Crippen LogP contribution in [0.1, 0.15) is 0 Å². The van der Waals surface area contributed by atoms with E-state index in [0.29, 0.717) is 5.82 Å². The summed E-state index contributed by atoms with van der Waals surface area (Å²) in [7, 11) is -3.12. The SMILES string of the molecule is O=P1(c2ccccc2)c2ccccc2-c2c1ccc1c3ccccc3n(-c3cc(-c4ccccc4)nc(-c4ccccc4)n3)c21. The van der Waals surface area contributed by atoms with Crippen molar-refractivity contribution in [2.75, 3.05) is 0 Å². The second-order valence-electron chi connectivity index (χ2n) is 11.3. The first kappa shape index (κ1) is 25.9. The maximum atomic E-state index is 15.4. The summed E-state index contributed by atoms with van der Waals surface area (Å²) in [5.41, 5.74) is 6.86. The third-order valence-electron chi connectivity index (χ3n) is 8.83. The Morgan fingerprint density at radius 1 is 0.533 bits per heavy atom. The van der Waals surface area contributed by atoms with Gasteiger partial charge in [-0.1, -0.05) is 140 Å². The molecule has 9 rings (SSSR count). The molecule has 8 aromatic rings. The Labute approximate surface area is 260 Å². The molecule has 1 atom stereocenters. The van der Waals surface area contributed by atoms with E-state index in [2.05, 4.69) is 65.2 Å². The topological polar surface area (TPSA) is 47.8 Å². The minimum atomic E-state index is -3.12. The Morgan fingerprint density at radius 2 is 1.18 bits per heavy atom. The summed E-state index contributed by atoms with van der Waals surface area (Å²) in [5, 5.41) is 4.82. The molecule has 2 aromatic heterocycles. The van der Waals surface area contributed by atoms with Gasteiger partial charge in [-0.3, -0.25) is 4.57 Å². The van der Waals surface area contributed by atoms with Gasteiger partial charge < -0.3 is 4.57 Å². The highest BCUT2D eigenvalue weighted by Crippen LogP contribution is 2.54. The third-order valence-corrected chi connectivity index (χ3v) is 12.0. The van der Waals surface area contributed by atoms with E-state index in [4.69, 9.17) is 9.97 Å². The highest BCUT2D eigenvalue weighted by Gasteiger charge is 2.41. The lowest BCUT2D eigenvalue weighted by molar-refractivity contribution is 0.593. The largest absolute Gasteiger partial charge is 0.309 e. The van der Waals surface area contributed by atoms with Gasteiger partial charge in [0.2, 0.25) is 0 Å². The van der Waals surface area contributed by atoms with Crippen molar-refractivity contribution in [1.82, 2.24) is 14.5 Å². The molecule has 0 aliphatic carbocycles. The first-order valence-corrected chi connectivity index (χ1v) is 16.8. The summed E-state index contributed by atoms with van der Waals surface area (Å²) in [4.78, 5) is 10.3. The molecule has 1 aliphatic rings. The molecule has 0 N–H and O–H groups in total. The van der Waals surface area contributed by atoms with Crippen LogP contribution in [0.25, 0.3) is 61.4 Å². The molecule has 5 heteroatoms. The highest BCUT2D eigenvalue weighted by atomic mass is 31.2. The minimum Gasteiger partial charge on any atom is -0.309 e. The van der Waals surface area contributed by atoms with Crippen LogP contribution in [-0.2, 0) is 4.57 Å². The fraction of sp³-hybridized carbons (Fsp3) is 0. The van der Waals surface area contributed by atoms with Gasteiger partial charge in [0.15, 0.2) is 13.0 Å². The molecule has 0 radical (unpaired) electrons. The average molecular weight is 596 g/mol. The van der Waals surface area contributed by atoms with E-state index >= 15 is 4.57 Å². The van der Waals surface area contributed by atoms with E-state index in [1.165, 1.54) is 0 Å². The van der Waals surface area contributed by atoms with Crippen LogP contribution in [0.4, 0.5) is 0 Å². The maximum absolute atomic E-state index is 15.4. The molecule has 1 unspecified atom stereocenters. The molecule has 0 spiro atoms. The van der Waals surface area contributed by atoms with Crippen molar-refractivity contribution < 1.29 is 4.57 Å². The molecule has 3 heterocycles. The fourth-order valence-corrected chi connectivity index (χ4v) is 9.90. The number of benzene rings is 6. The summed E-state index contributed by atoms with van der Waals surface area (Å²) >= 11 is 0. The molecular formula is C40H26N3OP. The van der Waals surface area contributed by atoms with Gasteiger partial charge in [0.25, 0.3) is 0 Å². The van der Waals surface area contributed by atoms with Crippen LogP contribution >= 0.6 is 7.14 Å². The van der Waals surface area contributed by atoms with E-state index < -0.39 is 7.14 Å². The monoisotopic (exact) mass is 595 g/mol. The first-order chi connectivity index (χ1) is 22.2. The van der Waals surface area contributed by atoms with Crippen molar-refractivity contribution in [1.29, 1.82) is 0 Å². The normalized spacial score (nSPS) is 15.3. The van der Waals surface area contributed by atoms with E-state index in [0.717, 1.165) is 71.5 Å². The summed E-state index contributed by atoms with van der Waals surface area (Å²) in [6, 6.07) is 53.2. The van der Waals surface area contributed by atoms with Crippen molar-refractivity contribution in [2.45, 2.75) is 0 Å². The van der Waals surface area contributed by atoms with E-state index in [-0.39, 0.29) is 0 Å². The smallest absolute Gasteiger partial charge is 0.172 e. The van der Waals surface area contributed by atoms with Crippen LogP contribution in [0.5, 0.6) is 0 Å². The van der Waals surface area contributed by atoms with Gasteiger partial charge in [-0.15, -0.1) is 0 Å². The molecular weight excluding hydrogens is 569 g/mol. The van der Waals surface area contributed by atoms with E-state index in [1.807, 2.05) is 97.1 Å². The predicted octanol–water partition coefficient (Wildman–Crippen LogP) is 8.53. The quantitative estimate of drug-likeness (QED) is 0.192. The number of hydrogen-bond acceptors (Lipinski definition) is 3. The predicted molar refractivity (Wildman–Crippen MR) is 186 cm³/mol. The standard InChI is InChI=1S/C40H26N3OP/c44-45(29-18-8-3-9-19-29)35-23-13-11-21-32(35)38-36(45)25-24-31-30-20-10-12-22-34(30)43(39(31)38)37-26-33(27-14-4-1-5-15-27)41-40(42-37)28-16-6-2-7-17-28/h1-26H. The zero-order valence-electron chi connectivity index (χ0n) is 24.2. The third kappa shape index (κ3) is 3.83. The molecule has 0 fully saturated rings. The summed E-state index contributed by atoms with van der Waals surface area (Å²) in [6.45, 7) is 0. The summed E-state index contributed by atoms with van der Waals surface area (Å²) < 4.78 is 17.7. The van der Waals surface area contributed by atoms with Crippen molar-refractivity contribution in [3.05, 3.63) is 158 Å². The molecule has 6 aromatic carbocycles. The minimum absolute atomic E-state index is 0.654. The van der Waals surface area contributed by atoms with Gasteiger partial charge in [-0.25, -0.2) is 9.97 Å². The summed E-state index contributed by atoms with van der Waals surface area (Å²) in [5.74, 6) is 1.42. The number of para-hydroxylation sites is 1. The Morgan fingerprint density at radius 3 is 1.96 bits per heavy atom. The van der Waals surface area contributed by atoms with Gasteiger partial charge in [-0.2, -0.15) is 0 Å². The molecule has 0 bridgehead atoms. The lowest BCUT2D eigenvalue weighted by Crippen LogP contribution is -2.20. The van der Waals surface area contributed by atoms with Crippen LogP contribution in [-0.4, -0.2) is 14.5 Å². The van der Waals surface area contributed by atoms with Gasteiger partial charge in [0.05, 0.1) is 16.7 Å². The molecule has 212 valence electrons. The van der Waals surface area contributed by atoms with Crippen LogP contribution in [0.3, 0.4) is 0 Å². The van der Waals surface area contributed by atoms with Gasteiger partial charge in [0, 0.05) is 49.4 Å². The molecule has 0 amide bonds. The summed E-state index contributed by atoms with van der Waals surface area (Å²) in [6.07, 6.45) is 0. The number of fused-ring (bicyclic) bond motifs is 7. The molecule has 4 nitrogen and oxygen atoms in total. The first-order valence-electron chi connectivity index (χ1n) is 15.0. The second kappa shape index (κ2) is 9.99. The molecule has 0 saturated carbocycles.